The van der Waals surface area contributed by atoms with Crippen LogP contribution in [0.15, 0.2) is 95.9 Å². The Morgan fingerprint density at radius 3 is 1.50 bits per heavy atom. The summed E-state index contributed by atoms with van der Waals surface area (Å²) in [5, 5.41) is 0. The van der Waals surface area contributed by atoms with Crippen molar-refractivity contribution in [1.82, 2.24) is 0 Å². The minimum atomic E-state index is -0.940. The fourth-order valence-corrected chi connectivity index (χ4v) is 5.10. The Balaban J connectivity index is 1.59. The lowest BCUT2D eigenvalue weighted by Crippen LogP contribution is -2.02. The molecule has 0 aromatic heterocycles. The van der Waals surface area contributed by atoms with Gasteiger partial charge in [-0.2, -0.15) is 0 Å². The summed E-state index contributed by atoms with van der Waals surface area (Å²) in [6.45, 7) is 0. The molecule has 120 valence electrons. The first kappa shape index (κ1) is 15.3. The molecule has 0 aliphatic heterocycles. The van der Waals surface area contributed by atoms with Gasteiger partial charge in [-0.05, 0) is 41.0 Å². The van der Waals surface area contributed by atoms with Crippen molar-refractivity contribution in [2.75, 3.05) is 5.75 Å². The molecule has 4 rings (SSSR count). The SMILES string of the molecule is O=S(CC1[C@@H](c2ccccc2)[C@H]1c1ccccc1)c1ccccc1. The van der Waals surface area contributed by atoms with Gasteiger partial charge in [0.05, 0.1) is 10.8 Å². The highest BCUT2D eigenvalue weighted by molar-refractivity contribution is 7.85. The van der Waals surface area contributed by atoms with Crippen LogP contribution in [0, 0.1) is 5.92 Å². The predicted molar refractivity (Wildman–Crippen MR) is 99.6 cm³/mol. The molecule has 24 heavy (non-hydrogen) atoms. The number of rotatable bonds is 5. The predicted octanol–water partition coefficient (Wildman–Crippen LogP) is 4.99. The summed E-state index contributed by atoms with van der Waals surface area (Å²) in [6, 6.07) is 31.1. The van der Waals surface area contributed by atoms with Crippen molar-refractivity contribution in [1.29, 1.82) is 0 Å². The van der Waals surface area contributed by atoms with Crippen LogP contribution in [0.25, 0.3) is 0 Å². The zero-order valence-electron chi connectivity index (χ0n) is 13.4. The molecule has 0 saturated heterocycles. The van der Waals surface area contributed by atoms with E-state index in [1.165, 1.54) is 11.1 Å². The molecule has 2 heteroatoms. The maximum absolute atomic E-state index is 12.8. The van der Waals surface area contributed by atoms with Crippen LogP contribution in [0.1, 0.15) is 23.0 Å². The summed E-state index contributed by atoms with van der Waals surface area (Å²) in [4.78, 5) is 0.933. The lowest BCUT2D eigenvalue weighted by molar-refractivity contribution is 0.678. The van der Waals surface area contributed by atoms with Crippen LogP contribution >= 0.6 is 0 Å². The highest BCUT2D eigenvalue weighted by atomic mass is 32.2. The second-order valence-corrected chi connectivity index (χ2v) is 7.86. The number of benzene rings is 3. The molecule has 0 radical (unpaired) electrons. The molecule has 4 atom stereocenters. The Kier molecular flexibility index (Phi) is 4.31. The van der Waals surface area contributed by atoms with Crippen LogP contribution in [0.4, 0.5) is 0 Å². The van der Waals surface area contributed by atoms with Crippen molar-refractivity contribution < 1.29 is 4.21 Å². The van der Waals surface area contributed by atoms with Gasteiger partial charge in [0.15, 0.2) is 0 Å². The van der Waals surface area contributed by atoms with E-state index in [0.717, 1.165) is 10.6 Å². The highest BCUT2D eigenvalue weighted by Crippen LogP contribution is 2.60. The first-order valence-electron chi connectivity index (χ1n) is 8.38. The van der Waals surface area contributed by atoms with Crippen molar-refractivity contribution in [3.8, 4) is 0 Å². The monoisotopic (exact) mass is 332 g/mol. The zero-order chi connectivity index (χ0) is 16.4. The van der Waals surface area contributed by atoms with Gasteiger partial charge in [-0.3, -0.25) is 4.21 Å². The molecule has 1 aliphatic rings. The molecule has 1 nitrogen and oxygen atoms in total. The molecule has 0 bridgehead atoms. The lowest BCUT2D eigenvalue weighted by atomic mass is 10.0. The maximum atomic E-state index is 12.8. The number of hydrogen-bond acceptors (Lipinski definition) is 1. The van der Waals surface area contributed by atoms with Crippen LogP contribution in [0.3, 0.4) is 0 Å². The Morgan fingerprint density at radius 2 is 1.04 bits per heavy atom. The Morgan fingerprint density at radius 1 is 0.625 bits per heavy atom. The van der Waals surface area contributed by atoms with Crippen molar-refractivity contribution in [2.45, 2.75) is 16.7 Å². The van der Waals surface area contributed by atoms with Gasteiger partial charge in [-0.15, -0.1) is 0 Å². The minimum absolute atomic E-state index is 0.441. The van der Waals surface area contributed by atoms with Gasteiger partial charge < -0.3 is 0 Å². The normalized spacial score (nSPS) is 23.6. The second kappa shape index (κ2) is 6.74. The van der Waals surface area contributed by atoms with Crippen LogP contribution in [-0.4, -0.2) is 9.96 Å². The zero-order valence-corrected chi connectivity index (χ0v) is 14.2. The fraction of sp³-hybridized carbons (Fsp3) is 0.182. The summed E-state index contributed by atoms with van der Waals surface area (Å²) in [7, 11) is -0.940. The van der Waals surface area contributed by atoms with E-state index in [2.05, 4.69) is 60.7 Å². The van der Waals surface area contributed by atoms with Crippen molar-refractivity contribution in [3.63, 3.8) is 0 Å². The average Bonchev–Trinajstić information content (AvgIpc) is 3.37. The Bertz CT molecular complexity index is 769. The van der Waals surface area contributed by atoms with Crippen LogP contribution < -0.4 is 0 Å². The lowest BCUT2D eigenvalue weighted by Gasteiger charge is -2.02. The second-order valence-electron chi connectivity index (χ2n) is 6.36. The van der Waals surface area contributed by atoms with E-state index < -0.39 is 10.8 Å². The third-order valence-corrected chi connectivity index (χ3v) is 6.37. The summed E-state index contributed by atoms with van der Waals surface area (Å²) < 4.78 is 12.8. The average molecular weight is 332 g/mol. The van der Waals surface area contributed by atoms with Crippen molar-refractivity contribution >= 4 is 10.8 Å². The third-order valence-electron chi connectivity index (χ3n) is 4.89. The van der Waals surface area contributed by atoms with E-state index in [1.807, 2.05) is 30.3 Å². The molecule has 0 spiro atoms. The standard InChI is InChI=1S/C22H20OS/c23-24(19-14-8-3-9-15-19)16-20-21(17-10-4-1-5-11-17)22(20)18-12-6-2-7-13-18/h1-15,20-22H,16H2/t20?,21-,22+,24?. The molecule has 3 aromatic carbocycles. The molecular weight excluding hydrogens is 312 g/mol. The molecule has 0 amide bonds. The third kappa shape index (κ3) is 3.07. The van der Waals surface area contributed by atoms with Gasteiger partial charge in [0.2, 0.25) is 0 Å². The molecular formula is C22H20OS. The van der Waals surface area contributed by atoms with E-state index in [4.69, 9.17) is 0 Å². The molecule has 3 aromatic rings. The van der Waals surface area contributed by atoms with Crippen LogP contribution in [-0.2, 0) is 10.8 Å². The Hall–Kier alpha value is -2.19. The fourth-order valence-electron chi connectivity index (χ4n) is 3.68. The van der Waals surface area contributed by atoms with Gasteiger partial charge in [0.25, 0.3) is 0 Å². The first-order valence-corrected chi connectivity index (χ1v) is 9.70. The van der Waals surface area contributed by atoms with Gasteiger partial charge >= 0.3 is 0 Å². The summed E-state index contributed by atoms with van der Waals surface area (Å²) >= 11 is 0. The molecule has 1 fully saturated rings. The summed E-state index contributed by atoms with van der Waals surface area (Å²) in [5.41, 5.74) is 2.72. The molecule has 1 saturated carbocycles. The molecule has 2 unspecified atom stereocenters. The summed E-state index contributed by atoms with van der Waals surface area (Å²) in [6.07, 6.45) is 0. The topological polar surface area (TPSA) is 17.1 Å². The van der Waals surface area contributed by atoms with Crippen LogP contribution in [0.2, 0.25) is 0 Å². The van der Waals surface area contributed by atoms with Crippen molar-refractivity contribution in [2.24, 2.45) is 5.92 Å². The highest BCUT2D eigenvalue weighted by Gasteiger charge is 2.51. The quantitative estimate of drug-likeness (QED) is 0.643. The maximum Gasteiger partial charge on any atom is 0.0532 e. The molecule has 1 aliphatic carbocycles. The molecule has 0 heterocycles. The minimum Gasteiger partial charge on any atom is -0.254 e. The van der Waals surface area contributed by atoms with Gasteiger partial charge in [0, 0.05) is 10.6 Å². The first-order chi connectivity index (χ1) is 11.8. The largest absolute Gasteiger partial charge is 0.254 e. The van der Waals surface area contributed by atoms with Gasteiger partial charge in [-0.1, -0.05) is 78.9 Å². The van der Waals surface area contributed by atoms with E-state index >= 15 is 0 Å². The van der Waals surface area contributed by atoms with Gasteiger partial charge in [0.1, 0.15) is 0 Å². The van der Waals surface area contributed by atoms with E-state index in [9.17, 15) is 4.21 Å². The smallest absolute Gasteiger partial charge is 0.0532 e. The van der Waals surface area contributed by atoms with E-state index in [-0.39, 0.29) is 0 Å². The Labute approximate surface area is 145 Å². The van der Waals surface area contributed by atoms with Gasteiger partial charge in [-0.25, -0.2) is 0 Å². The van der Waals surface area contributed by atoms with E-state index in [1.54, 1.807) is 0 Å². The number of hydrogen-bond donors (Lipinski definition) is 0. The van der Waals surface area contributed by atoms with Crippen LogP contribution in [0.5, 0.6) is 0 Å². The van der Waals surface area contributed by atoms with Crippen molar-refractivity contribution in [3.05, 3.63) is 102 Å². The molecule has 0 N–H and O–H groups in total. The van der Waals surface area contributed by atoms with E-state index in [0.29, 0.717) is 17.8 Å². The summed E-state index contributed by atoms with van der Waals surface area (Å²) in [5.74, 6) is 2.11.